The van der Waals surface area contributed by atoms with Gasteiger partial charge in [0.15, 0.2) is 0 Å². The molecular weight excluding hydrogens is 202 g/mol. The number of rotatable bonds is 11. The second-order valence-corrected chi connectivity index (χ2v) is 4.50. The van der Waals surface area contributed by atoms with Crippen LogP contribution in [0.3, 0.4) is 0 Å². The summed E-state index contributed by atoms with van der Waals surface area (Å²) in [5, 5.41) is 10.9. The predicted octanol–water partition coefficient (Wildman–Crippen LogP) is 1.84. The lowest BCUT2D eigenvalue weighted by Crippen LogP contribution is -2.31. The third-order valence-electron chi connectivity index (χ3n) is 3.00. The van der Waals surface area contributed by atoms with Gasteiger partial charge in [-0.1, -0.05) is 45.4 Å². The van der Waals surface area contributed by atoms with Gasteiger partial charge in [-0.2, -0.15) is 0 Å². The Kier molecular flexibility index (Phi) is 10.5. The Balaban J connectivity index is 3.56. The third-order valence-corrected chi connectivity index (χ3v) is 3.00. The minimum Gasteiger partial charge on any atom is -0.550 e. The molecule has 0 amide bonds. The summed E-state index contributed by atoms with van der Waals surface area (Å²) in [5.74, 6) is -1.14. The van der Waals surface area contributed by atoms with Gasteiger partial charge in [0.05, 0.1) is 0 Å². The highest BCUT2D eigenvalue weighted by molar-refractivity contribution is 5.67. The highest BCUT2D eigenvalue weighted by atomic mass is 16.4. The van der Waals surface area contributed by atoms with Gasteiger partial charge in [-0.15, -0.1) is 0 Å². The molecule has 2 N–H and O–H groups in total. The summed E-state index contributed by atoms with van der Waals surface area (Å²) in [5.41, 5.74) is 5.38. The summed E-state index contributed by atoms with van der Waals surface area (Å²) >= 11 is 0. The number of hydrogen-bond donors (Lipinski definition) is 1. The molecule has 0 aliphatic heterocycles. The molecule has 16 heavy (non-hydrogen) atoms. The van der Waals surface area contributed by atoms with Crippen LogP contribution >= 0.6 is 0 Å². The molecule has 3 nitrogen and oxygen atoms in total. The molecule has 0 heterocycles. The number of carbonyl (C=O) groups is 1. The van der Waals surface area contributed by atoms with Gasteiger partial charge < -0.3 is 15.6 Å². The summed E-state index contributed by atoms with van der Waals surface area (Å²) in [6, 6.07) is 0. The molecule has 96 valence electrons. The molecule has 0 aromatic carbocycles. The second kappa shape index (κ2) is 10.9. The van der Waals surface area contributed by atoms with Gasteiger partial charge in [-0.05, 0) is 31.7 Å². The minimum atomic E-state index is -0.882. The van der Waals surface area contributed by atoms with E-state index in [-0.39, 0.29) is 5.92 Å². The zero-order chi connectivity index (χ0) is 12.2. The van der Waals surface area contributed by atoms with Gasteiger partial charge in [0.25, 0.3) is 0 Å². The van der Waals surface area contributed by atoms with Crippen LogP contribution in [0, 0.1) is 5.92 Å². The maximum atomic E-state index is 10.9. The lowest BCUT2D eigenvalue weighted by atomic mass is 9.95. The Bertz CT molecular complexity index is 171. The molecule has 0 radical (unpaired) electrons. The minimum absolute atomic E-state index is 0.256. The van der Waals surface area contributed by atoms with Gasteiger partial charge in [-0.3, -0.25) is 0 Å². The molecule has 3 heteroatoms. The molecule has 0 aromatic rings. The summed E-state index contributed by atoms with van der Waals surface area (Å²) in [7, 11) is 0. The SMILES string of the molecule is CCCCCCCC(CCCCN)C(=O)[O-]. The van der Waals surface area contributed by atoms with E-state index >= 15 is 0 Å². The standard InChI is InChI=1S/C13H27NO2/c1-2-3-4-5-6-9-12(13(15)16)10-7-8-11-14/h12H,2-11,14H2,1H3,(H,15,16)/p-1. The second-order valence-electron chi connectivity index (χ2n) is 4.50. The molecule has 0 aliphatic rings. The first-order valence-electron chi connectivity index (χ1n) is 6.63. The number of nitrogens with two attached hydrogens (primary N) is 1. The average molecular weight is 228 g/mol. The van der Waals surface area contributed by atoms with Gasteiger partial charge in [0.2, 0.25) is 0 Å². The molecule has 0 saturated heterocycles. The van der Waals surface area contributed by atoms with Crippen LogP contribution in [0.1, 0.15) is 64.7 Å². The predicted molar refractivity (Wildman–Crippen MR) is 64.8 cm³/mol. The molecule has 0 rings (SSSR count). The van der Waals surface area contributed by atoms with Crippen LogP contribution in [0.15, 0.2) is 0 Å². The molecule has 0 fully saturated rings. The van der Waals surface area contributed by atoms with E-state index < -0.39 is 5.97 Å². The van der Waals surface area contributed by atoms with E-state index in [4.69, 9.17) is 5.73 Å². The van der Waals surface area contributed by atoms with E-state index in [9.17, 15) is 9.90 Å². The highest BCUT2D eigenvalue weighted by Gasteiger charge is 2.08. The highest BCUT2D eigenvalue weighted by Crippen LogP contribution is 2.16. The smallest absolute Gasteiger partial charge is 0.0445 e. The Hall–Kier alpha value is -0.570. The number of hydrogen-bond acceptors (Lipinski definition) is 3. The van der Waals surface area contributed by atoms with Crippen molar-refractivity contribution in [2.75, 3.05) is 6.54 Å². The summed E-state index contributed by atoms with van der Waals surface area (Å²) in [6.07, 6.45) is 9.19. The van der Waals surface area contributed by atoms with Crippen molar-refractivity contribution in [3.05, 3.63) is 0 Å². The molecule has 0 bridgehead atoms. The van der Waals surface area contributed by atoms with Crippen molar-refractivity contribution in [3.8, 4) is 0 Å². The topological polar surface area (TPSA) is 66.2 Å². The van der Waals surface area contributed by atoms with Crippen LogP contribution in [0.5, 0.6) is 0 Å². The van der Waals surface area contributed by atoms with Gasteiger partial charge in [-0.25, -0.2) is 0 Å². The van der Waals surface area contributed by atoms with Crippen LogP contribution in [-0.4, -0.2) is 12.5 Å². The monoisotopic (exact) mass is 228 g/mol. The lowest BCUT2D eigenvalue weighted by molar-refractivity contribution is -0.312. The van der Waals surface area contributed by atoms with Crippen molar-refractivity contribution in [3.63, 3.8) is 0 Å². The first-order valence-corrected chi connectivity index (χ1v) is 6.63. The fraction of sp³-hybridized carbons (Fsp3) is 0.923. The van der Waals surface area contributed by atoms with E-state index in [1.54, 1.807) is 0 Å². The Morgan fingerprint density at radius 3 is 2.12 bits per heavy atom. The van der Waals surface area contributed by atoms with Gasteiger partial charge in [0, 0.05) is 5.97 Å². The van der Waals surface area contributed by atoms with E-state index in [1.807, 2.05) is 0 Å². The van der Waals surface area contributed by atoms with Crippen molar-refractivity contribution in [1.82, 2.24) is 0 Å². The molecule has 0 aromatic heterocycles. The van der Waals surface area contributed by atoms with E-state index in [1.165, 1.54) is 19.3 Å². The van der Waals surface area contributed by atoms with Crippen molar-refractivity contribution >= 4 is 5.97 Å². The largest absolute Gasteiger partial charge is 0.550 e. The zero-order valence-electron chi connectivity index (χ0n) is 10.5. The van der Waals surface area contributed by atoms with Crippen LogP contribution in [0.4, 0.5) is 0 Å². The zero-order valence-corrected chi connectivity index (χ0v) is 10.5. The van der Waals surface area contributed by atoms with Crippen molar-refractivity contribution < 1.29 is 9.90 Å². The van der Waals surface area contributed by atoms with Crippen molar-refractivity contribution in [1.29, 1.82) is 0 Å². The van der Waals surface area contributed by atoms with Crippen molar-refractivity contribution in [2.24, 2.45) is 11.7 Å². The van der Waals surface area contributed by atoms with E-state index in [0.717, 1.165) is 38.5 Å². The van der Waals surface area contributed by atoms with E-state index in [2.05, 4.69) is 6.92 Å². The van der Waals surface area contributed by atoms with Crippen LogP contribution in [-0.2, 0) is 4.79 Å². The lowest BCUT2D eigenvalue weighted by Gasteiger charge is -2.17. The summed E-state index contributed by atoms with van der Waals surface area (Å²) in [6.45, 7) is 2.83. The summed E-state index contributed by atoms with van der Waals surface area (Å²) in [4.78, 5) is 10.9. The number of unbranched alkanes of at least 4 members (excludes halogenated alkanes) is 5. The third kappa shape index (κ3) is 8.72. The van der Waals surface area contributed by atoms with Crippen molar-refractivity contribution in [2.45, 2.75) is 64.7 Å². The molecule has 1 unspecified atom stereocenters. The first kappa shape index (κ1) is 15.4. The Labute approximate surface area is 99.4 Å². The van der Waals surface area contributed by atoms with Gasteiger partial charge in [0.1, 0.15) is 0 Å². The molecule has 0 spiro atoms. The number of carboxylic acid groups (broad SMARTS) is 1. The maximum absolute atomic E-state index is 10.9. The maximum Gasteiger partial charge on any atom is 0.0445 e. The Morgan fingerprint density at radius 1 is 1.06 bits per heavy atom. The number of aliphatic carboxylic acids is 1. The molecule has 1 atom stereocenters. The fourth-order valence-electron chi connectivity index (χ4n) is 1.91. The van der Waals surface area contributed by atoms with Crippen LogP contribution in [0.25, 0.3) is 0 Å². The average Bonchev–Trinajstić information content (AvgIpc) is 2.26. The summed E-state index contributed by atoms with van der Waals surface area (Å²) < 4.78 is 0. The van der Waals surface area contributed by atoms with Gasteiger partial charge >= 0.3 is 0 Å². The van der Waals surface area contributed by atoms with Crippen LogP contribution in [0.2, 0.25) is 0 Å². The normalized spacial score (nSPS) is 12.6. The quantitative estimate of drug-likeness (QED) is 0.549. The van der Waals surface area contributed by atoms with Crippen LogP contribution < -0.4 is 10.8 Å². The fourth-order valence-corrected chi connectivity index (χ4v) is 1.91. The molecular formula is C13H26NO2-. The molecule has 0 aliphatic carbocycles. The molecule has 0 saturated carbocycles. The van der Waals surface area contributed by atoms with E-state index in [0.29, 0.717) is 6.54 Å². The number of carboxylic acids is 1. The number of carbonyl (C=O) groups excluding carboxylic acids is 1. The Morgan fingerprint density at radius 2 is 1.62 bits per heavy atom. The first-order chi connectivity index (χ1) is 7.72.